The molecule has 6 heteroatoms. The summed E-state index contributed by atoms with van der Waals surface area (Å²) in [5, 5.41) is 18.2. The van der Waals surface area contributed by atoms with Crippen molar-refractivity contribution in [1.82, 2.24) is 0 Å². The maximum Gasteiger partial charge on any atom is 0.269 e. The summed E-state index contributed by atoms with van der Waals surface area (Å²) in [5.41, 5.74) is 7.22. The van der Waals surface area contributed by atoms with Gasteiger partial charge in [0.1, 0.15) is 5.84 Å². The third kappa shape index (κ3) is 2.05. The zero-order chi connectivity index (χ0) is 11.5. The summed E-state index contributed by atoms with van der Waals surface area (Å²) in [6, 6.07) is 6.26. The number of nitro benzene ring substituents is 1. The van der Waals surface area contributed by atoms with E-state index >= 15 is 0 Å². The predicted octanol–water partition coefficient (Wildman–Crippen LogP) is 1.45. The van der Waals surface area contributed by atoms with E-state index in [2.05, 4.69) is 10.2 Å². The van der Waals surface area contributed by atoms with Gasteiger partial charge in [-0.2, -0.15) is 5.10 Å². The molecule has 1 aliphatic heterocycles. The van der Waals surface area contributed by atoms with Crippen LogP contribution in [0.4, 0.5) is 5.69 Å². The van der Waals surface area contributed by atoms with Crippen LogP contribution in [0.2, 0.25) is 0 Å². The highest BCUT2D eigenvalue weighted by Gasteiger charge is 2.11. The Balaban J connectivity index is 2.26. The van der Waals surface area contributed by atoms with Crippen molar-refractivity contribution < 1.29 is 4.92 Å². The summed E-state index contributed by atoms with van der Waals surface area (Å²) in [7, 11) is 0. The quantitative estimate of drug-likeness (QED) is 0.601. The molecule has 0 saturated carbocycles. The summed E-state index contributed by atoms with van der Waals surface area (Å²) >= 11 is 0. The van der Waals surface area contributed by atoms with E-state index in [0.29, 0.717) is 18.7 Å². The molecule has 16 heavy (non-hydrogen) atoms. The lowest BCUT2D eigenvalue weighted by atomic mass is 10.0. The normalized spacial score (nSPS) is 15.2. The van der Waals surface area contributed by atoms with E-state index in [0.717, 1.165) is 11.3 Å². The van der Waals surface area contributed by atoms with Crippen molar-refractivity contribution in [3.63, 3.8) is 0 Å². The van der Waals surface area contributed by atoms with Crippen LogP contribution in [0.25, 0.3) is 0 Å². The first-order valence-electron chi connectivity index (χ1n) is 4.80. The van der Waals surface area contributed by atoms with Gasteiger partial charge in [-0.1, -0.05) is 0 Å². The maximum atomic E-state index is 10.5. The van der Waals surface area contributed by atoms with Crippen LogP contribution in [0.3, 0.4) is 0 Å². The lowest BCUT2D eigenvalue weighted by Gasteiger charge is -2.08. The Morgan fingerprint density at radius 1 is 1.19 bits per heavy atom. The van der Waals surface area contributed by atoms with Gasteiger partial charge in [0.05, 0.1) is 10.6 Å². The van der Waals surface area contributed by atoms with Gasteiger partial charge < -0.3 is 5.73 Å². The first-order chi connectivity index (χ1) is 7.66. The van der Waals surface area contributed by atoms with Crippen molar-refractivity contribution in [3.8, 4) is 0 Å². The molecule has 0 unspecified atom stereocenters. The molecule has 1 aromatic rings. The Bertz CT molecular complexity index is 476. The molecule has 0 spiro atoms. The van der Waals surface area contributed by atoms with Gasteiger partial charge in [0.25, 0.3) is 5.69 Å². The number of benzene rings is 1. The zero-order valence-electron chi connectivity index (χ0n) is 8.46. The van der Waals surface area contributed by atoms with E-state index in [9.17, 15) is 10.1 Å². The molecule has 0 saturated heterocycles. The third-order valence-corrected chi connectivity index (χ3v) is 2.33. The molecule has 0 bridgehead atoms. The molecule has 0 aromatic heterocycles. The average Bonchev–Trinajstić information content (AvgIpc) is 2.30. The third-order valence-electron chi connectivity index (χ3n) is 2.33. The molecule has 0 amide bonds. The van der Waals surface area contributed by atoms with Crippen molar-refractivity contribution in [1.29, 1.82) is 0 Å². The largest absolute Gasteiger partial charge is 0.386 e. The number of amidine groups is 1. The predicted molar refractivity (Wildman–Crippen MR) is 60.5 cm³/mol. The highest BCUT2D eigenvalue weighted by atomic mass is 16.6. The van der Waals surface area contributed by atoms with E-state index in [1.54, 1.807) is 12.1 Å². The molecule has 0 fully saturated rings. The second-order valence-electron chi connectivity index (χ2n) is 3.44. The summed E-state index contributed by atoms with van der Waals surface area (Å²) in [6.07, 6.45) is 1.39. The Morgan fingerprint density at radius 3 is 2.38 bits per heavy atom. The summed E-state index contributed by atoms with van der Waals surface area (Å²) in [5.74, 6) is 0.519. The lowest BCUT2D eigenvalue weighted by Crippen LogP contribution is -2.17. The first-order valence-corrected chi connectivity index (χ1v) is 4.80. The van der Waals surface area contributed by atoms with Gasteiger partial charge in [-0.25, -0.2) is 0 Å². The smallest absolute Gasteiger partial charge is 0.269 e. The summed E-state index contributed by atoms with van der Waals surface area (Å²) < 4.78 is 0. The van der Waals surface area contributed by atoms with E-state index in [-0.39, 0.29) is 5.69 Å². The fourth-order valence-corrected chi connectivity index (χ4v) is 1.45. The van der Waals surface area contributed by atoms with Gasteiger partial charge in [-0.05, 0) is 24.1 Å². The molecular weight excluding hydrogens is 208 g/mol. The molecule has 82 valence electrons. The number of hydrogen-bond donors (Lipinski definition) is 1. The minimum atomic E-state index is -0.428. The fraction of sp³-hybridized carbons (Fsp3) is 0.200. The molecule has 2 N–H and O–H groups in total. The number of nitrogens with zero attached hydrogens (tertiary/aromatic N) is 3. The van der Waals surface area contributed by atoms with E-state index in [1.165, 1.54) is 12.1 Å². The molecule has 1 aromatic carbocycles. The Hall–Kier alpha value is -2.24. The molecule has 0 atom stereocenters. The number of rotatable bonds is 2. The van der Waals surface area contributed by atoms with Crippen molar-refractivity contribution >= 4 is 17.2 Å². The monoisotopic (exact) mass is 218 g/mol. The minimum Gasteiger partial charge on any atom is -0.386 e. The molecule has 6 nitrogen and oxygen atoms in total. The van der Waals surface area contributed by atoms with Gasteiger partial charge >= 0.3 is 0 Å². The highest BCUT2D eigenvalue weighted by Crippen LogP contribution is 2.16. The minimum absolute atomic E-state index is 0.0724. The Morgan fingerprint density at radius 2 is 1.88 bits per heavy atom. The first kappa shape index (κ1) is 10.3. The van der Waals surface area contributed by atoms with Crippen LogP contribution in [0, 0.1) is 10.1 Å². The topological polar surface area (TPSA) is 93.9 Å². The second kappa shape index (κ2) is 4.09. The molecule has 0 radical (unpaired) electrons. The van der Waals surface area contributed by atoms with Crippen molar-refractivity contribution in [2.24, 2.45) is 15.9 Å². The lowest BCUT2D eigenvalue weighted by molar-refractivity contribution is -0.384. The van der Waals surface area contributed by atoms with Crippen molar-refractivity contribution in [3.05, 3.63) is 39.9 Å². The van der Waals surface area contributed by atoms with Gasteiger partial charge in [-0.3, -0.25) is 10.1 Å². The second-order valence-corrected chi connectivity index (χ2v) is 3.44. The van der Waals surface area contributed by atoms with Gasteiger partial charge in [0, 0.05) is 18.6 Å². The van der Waals surface area contributed by atoms with Crippen LogP contribution in [0.15, 0.2) is 34.5 Å². The van der Waals surface area contributed by atoms with Crippen molar-refractivity contribution in [2.45, 2.75) is 12.8 Å². The Labute approximate surface area is 91.6 Å². The molecule has 1 heterocycles. The van der Waals surface area contributed by atoms with Crippen LogP contribution in [0.5, 0.6) is 0 Å². The van der Waals surface area contributed by atoms with Gasteiger partial charge in [0.2, 0.25) is 0 Å². The van der Waals surface area contributed by atoms with Crippen LogP contribution in [-0.2, 0) is 0 Å². The number of non-ortho nitro benzene ring substituents is 1. The molecule has 1 aliphatic rings. The maximum absolute atomic E-state index is 10.5. The Kier molecular flexibility index (Phi) is 2.63. The van der Waals surface area contributed by atoms with Crippen LogP contribution in [0.1, 0.15) is 18.4 Å². The molecular formula is C10H10N4O2. The van der Waals surface area contributed by atoms with Crippen LogP contribution in [-0.4, -0.2) is 16.5 Å². The zero-order valence-corrected chi connectivity index (χ0v) is 8.46. The number of nitrogens with two attached hydrogens (primary N) is 1. The van der Waals surface area contributed by atoms with E-state index < -0.39 is 4.92 Å². The molecule has 2 rings (SSSR count). The van der Waals surface area contributed by atoms with E-state index in [1.807, 2.05) is 0 Å². The van der Waals surface area contributed by atoms with Crippen LogP contribution >= 0.6 is 0 Å². The van der Waals surface area contributed by atoms with Gasteiger partial charge in [0.15, 0.2) is 0 Å². The highest BCUT2D eigenvalue weighted by molar-refractivity contribution is 6.04. The van der Waals surface area contributed by atoms with Crippen molar-refractivity contribution in [2.75, 3.05) is 0 Å². The SMILES string of the molecule is NC1=NN=C(c2ccc([N+](=O)[O-])cc2)CC1. The number of hydrogen-bond acceptors (Lipinski definition) is 5. The number of nitro groups is 1. The molecule has 0 aliphatic carbocycles. The summed E-state index contributed by atoms with van der Waals surface area (Å²) in [4.78, 5) is 10.0. The summed E-state index contributed by atoms with van der Waals surface area (Å²) in [6.45, 7) is 0. The average molecular weight is 218 g/mol. The van der Waals surface area contributed by atoms with Gasteiger partial charge in [-0.15, -0.1) is 5.10 Å². The standard InChI is InChI=1S/C10H10N4O2/c11-10-6-5-9(12-13-10)7-1-3-8(4-2-7)14(15)16/h1-4H,5-6H2,(H2,11,13). The van der Waals surface area contributed by atoms with E-state index in [4.69, 9.17) is 5.73 Å². The fourth-order valence-electron chi connectivity index (χ4n) is 1.45. The van der Waals surface area contributed by atoms with Crippen LogP contribution < -0.4 is 5.73 Å².